The number of hydrogen-bond donors (Lipinski definition) is 1. The van der Waals surface area contributed by atoms with Crippen molar-refractivity contribution < 1.29 is 4.39 Å². The molecule has 0 aromatic heterocycles. The van der Waals surface area contributed by atoms with Crippen LogP contribution in [0, 0.1) is 11.2 Å². The van der Waals surface area contributed by atoms with Gasteiger partial charge in [0.15, 0.2) is 0 Å². The van der Waals surface area contributed by atoms with E-state index in [2.05, 4.69) is 35.1 Å². The third kappa shape index (κ3) is 3.79. The number of halogens is 2. The molecule has 1 aromatic rings. The van der Waals surface area contributed by atoms with E-state index in [9.17, 15) is 4.39 Å². The first kappa shape index (κ1) is 14.0. The van der Waals surface area contributed by atoms with E-state index in [1.165, 1.54) is 18.4 Å². The van der Waals surface area contributed by atoms with Gasteiger partial charge < -0.3 is 5.32 Å². The minimum Gasteiger partial charge on any atom is -0.313 e. The van der Waals surface area contributed by atoms with Crippen molar-refractivity contribution in [3.63, 3.8) is 0 Å². The highest BCUT2D eigenvalue weighted by Gasteiger charge is 2.27. The topological polar surface area (TPSA) is 12.0 Å². The molecular weight excluding hydrogens is 293 g/mol. The number of nitrogens with one attached hydrogen (secondary N) is 1. The zero-order valence-electron chi connectivity index (χ0n) is 11.1. The molecule has 1 aliphatic carbocycles. The summed E-state index contributed by atoms with van der Waals surface area (Å²) in [5.74, 6) is -0.187. The zero-order valence-corrected chi connectivity index (χ0v) is 12.7. The Hall–Kier alpha value is -0.410. The molecule has 0 radical (unpaired) electrons. The molecule has 1 N–H and O–H groups in total. The van der Waals surface area contributed by atoms with E-state index in [0.29, 0.717) is 4.47 Å². The van der Waals surface area contributed by atoms with Gasteiger partial charge in [-0.25, -0.2) is 4.39 Å². The molecule has 0 bridgehead atoms. The minimum absolute atomic E-state index is 0.187. The van der Waals surface area contributed by atoms with Crippen molar-refractivity contribution in [3.8, 4) is 0 Å². The molecule has 100 valence electrons. The molecule has 3 heteroatoms. The Morgan fingerprint density at radius 3 is 2.72 bits per heavy atom. The summed E-state index contributed by atoms with van der Waals surface area (Å²) in [7, 11) is 0. The van der Waals surface area contributed by atoms with Crippen LogP contribution >= 0.6 is 15.9 Å². The Balaban J connectivity index is 2.00. The van der Waals surface area contributed by atoms with Crippen molar-refractivity contribution in [1.82, 2.24) is 5.32 Å². The lowest BCUT2D eigenvalue weighted by Crippen LogP contribution is -2.34. The Bertz CT molecular complexity index is 417. The first-order valence-corrected chi connectivity index (χ1v) is 7.49. The second kappa shape index (κ2) is 5.70. The average molecular weight is 314 g/mol. The molecule has 1 atom stereocenters. The predicted molar refractivity (Wildman–Crippen MR) is 77.2 cm³/mol. The van der Waals surface area contributed by atoms with Crippen molar-refractivity contribution in [2.75, 3.05) is 6.54 Å². The summed E-state index contributed by atoms with van der Waals surface area (Å²) >= 11 is 3.26. The molecule has 1 unspecified atom stereocenters. The van der Waals surface area contributed by atoms with Gasteiger partial charge in [0.2, 0.25) is 0 Å². The molecule has 0 saturated heterocycles. The van der Waals surface area contributed by atoms with Crippen LogP contribution in [-0.2, 0) is 6.42 Å². The van der Waals surface area contributed by atoms with Gasteiger partial charge >= 0.3 is 0 Å². The van der Waals surface area contributed by atoms with Crippen molar-refractivity contribution in [3.05, 3.63) is 34.1 Å². The molecule has 0 spiro atoms. The zero-order chi connectivity index (χ0) is 13.2. The smallest absolute Gasteiger partial charge is 0.137 e. The van der Waals surface area contributed by atoms with E-state index in [-0.39, 0.29) is 11.2 Å². The number of rotatable bonds is 6. The van der Waals surface area contributed by atoms with Gasteiger partial charge in [0.25, 0.3) is 0 Å². The molecule has 0 aliphatic heterocycles. The number of hydrogen-bond acceptors (Lipinski definition) is 1. The lowest BCUT2D eigenvalue weighted by Gasteiger charge is -2.29. The fourth-order valence-electron chi connectivity index (χ4n) is 2.13. The average Bonchev–Trinajstić information content (AvgIpc) is 3.16. The van der Waals surface area contributed by atoms with E-state index < -0.39 is 0 Å². The monoisotopic (exact) mass is 313 g/mol. The van der Waals surface area contributed by atoms with E-state index in [0.717, 1.165) is 25.4 Å². The van der Waals surface area contributed by atoms with Crippen LogP contribution in [0.5, 0.6) is 0 Å². The highest BCUT2D eigenvalue weighted by atomic mass is 79.9. The van der Waals surface area contributed by atoms with Gasteiger partial charge in [0.05, 0.1) is 4.47 Å². The van der Waals surface area contributed by atoms with E-state index in [1.807, 2.05) is 12.1 Å². The molecular formula is C15H21BrFN. The lowest BCUT2D eigenvalue weighted by atomic mass is 9.81. The largest absolute Gasteiger partial charge is 0.313 e. The summed E-state index contributed by atoms with van der Waals surface area (Å²) in [6, 6.07) is 6.09. The van der Waals surface area contributed by atoms with E-state index in [4.69, 9.17) is 0 Å². The Kier molecular flexibility index (Phi) is 4.44. The van der Waals surface area contributed by atoms with E-state index in [1.54, 1.807) is 6.07 Å². The van der Waals surface area contributed by atoms with Crippen LogP contribution in [0.3, 0.4) is 0 Å². The van der Waals surface area contributed by atoms with Crippen molar-refractivity contribution in [2.24, 2.45) is 5.41 Å². The summed E-state index contributed by atoms with van der Waals surface area (Å²) in [5.41, 5.74) is 1.45. The second-order valence-electron chi connectivity index (χ2n) is 5.74. The molecule has 0 amide bonds. The maximum absolute atomic E-state index is 13.2. The molecule has 1 fully saturated rings. The summed E-state index contributed by atoms with van der Waals surface area (Å²) in [6.07, 6.45) is 4.76. The molecule has 1 nitrogen and oxygen atoms in total. The Labute approximate surface area is 117 Å². The highest BCUT2D eigenvalue weighted by molar-refractivity contribution is 9.10. The normalized spacial score (nSPS) is 18.7. The van der Waals surface area contributed by atoms with Gasteiger partial charge in [0.1, 0.15) is 5.82 Å². The van der Waals surface area contributed by atoms with Gasteiger partial charge in [-0.15, -0.1) is 0 Å². The first-order valence-electron chi connectivity index (χ1n) is 6.70. The van der Waals surface area contributed by atoms with Gasteiger partial charge in [-0.2, -0.15) is 0 Å². The maximum Gasteiger partial charge on any atom is 0.137 e. The van der Waals surface area contributed by atoms with Gasteiger partial charge in [0, 0.05) is 12.6 Å². The van der Waals surface area contributed by atoms with Crippen molar-refractivity contribution >= 4 is 15.9 Å². The fraction of sp³-hybridized carbons (Fsp3) is 0.600. The first-order chi connectivity index (χ1) is 8.52. The van der Waals surface area contributed by atoms with Crippen LogP contribution < -0.4 is 5.32 Å². The Morgan fingerprint density at radius 2 is 2.17 bits per heavy atom. The third-order valence-corrected chi connectivity index (χ3v) is 4.47. The summed E-state index contributed by atoms with van der Waals surface area (Å²) < 4.78 is 13.8. The standard InChI is InChI=1S/C15H21BrFN/c1-3-15(2,10-18-12-5-6-12)9-11-4-7-14(17)13(16)8-11/h4,7-8,12,18H,3,5-6,9-10H2,1-2H3. The van der Waals surface area contributed by atoms with Crippen molar-refractivity contribution in [2.45, 2.75) is 45.6 Å². The van der Waals surface area contributed by atoms with Crippen molar-refractivity contribution in [1.29, 1.82) is 0 Å². The summed E-state index contributed by atoms with van der Waals surface area (Å²) in [4.78, 5) is 0. The quantitative estimate of drug-likeness (QED) is 0.825. The number of benzene rings is 1. The molecule has 1 aliphatic rings. The van der Waals surface area contributed by atoms with Gasteiger partial charge in [-0.3, -0.25) is 0 Å². The van der Waals surface area contributed by atoms with Gasteiger partial charge in [-0.1, -0.05) is 19.9 Å². The van der Waals surface area contributed by atoms with Crippen LogP contribution in [0.1, 0.15) is 38.7 Å². The second-order valence-corrected chi connectivity index (χ2v) is 6.60. The predicted octanol–water partition coefficient (Wildman–Crippen LogP) is 4.30. The Morgan fingerprint density at radius 1 is 1.44 bits per heavy atom. The molecule has 2 rings (SSSR count). The summed E-state index contributed by atoms with van der Waals surface area (Å²) in [5, 5.41) is 3.61. The fourth-order valence-corrected chi connectivity index (χ4v) is 2.56. The summed E-state index contributed by atoms with van der Waals surface area (Å²) in [6.45, 7) is 5.58. The van der Waals surface area contributed by atoms with Crippen LogP contribution in [0.25, 0.3) is 0 Å². The lowest BCUT2D eigenvalue weighted by molar-refractivity contribution is 0.289. The molecule has 1 aromatic carbocycles. The maximum atomic E-state index is 13.2. The molecule has 18 heavy (non-hydrogen) atoms. The van der Waals surface area contributed by atoms with Gasteiger partial charge in [-0.05, 0) is 64.7 Å². The van der Waals surface area contributed by atoms with Crippen LogP contribution in [0.4, 0.5) is 4.39 Å². The molecule has 1 saturated carbocycles. The van der Waals surface area contributed by atoms with Crippen LogP contribution in [0.15, 0.2) is 22.7 Å². The SMILES string of the molecule is CCC(C)(CNC1CC1)Cc1ccc(F)c(Br)c1. The van der Waals surface area contributed by atoms with E-state index >= 15 is 0 Å². The third-order valence-electron chi connectivity index (χ3n) is 3.86. The minimum atomic E-state index is -0.187. The van der Waals surface area contributed by atoms with Crippen LogP contribution in [0.2, 0.25) is 0 Å². The van der Waals surface area contributed by atoms with Crippen LogP contribution in [-0.4, -0.2) is 12.6 Å². The highest BCUT2D eigenvalue weighted by Crippen LogP contribution is 2.29. The molecule has 0 heterocycles.